The molecule has 24 heavy (non-hydrogen) atoms. The molecule has 2 aromatic rings. The van der Waals surface area contributed by atoms with Gasteiger partial charge in [0.05, 0.1) is 5.56 Å². The Labute approximate surface area is 145 Å². The summed E-state index contributed by atoms with van der Waals surface area (Å²) in [4.78, 5) is 32.6. The van der Waals surface area contributed by atoms with Crippen molar-refractivity contribution in [2.75, 3.05) is 26.2 Å². The Morgan fingerprint density at radius 2 is 1.38 bits per heavy atom. The minimum atomic E-state index is -0.0407. The summed E-state index contributed by atoms with van der Waals surface area (Å²) in [6, 6.07) is 10.5. The molecular formula is C18H18ClN3O2. The quantitative estimate of drug-likeness (QED) is 0.842. The third kappa shape index (κ3) is 3.57. The van der Waals surface area contributed by atoms with Gasteiger partial charge in [0.15, 0.2) is 0 Å². The van der Waals surface area contributed by atoms with Gasteiger partial charge in [0.2, 0.25) is 0 Å². The lowest BCUT2D eigenvalue weighted by atomic mass is 10.1. The van der Waals surface area contributed by atoms with Crippen LogP contribution >= 0.6 is 11.6 Å². The lowest BCUT2D eigenvalue weighted by molar-refractivity contribution is 0.0535. The Morgan fingerprint density at radius 3 is 1.88 bits per heavy atom. The van der Waals surface area contributed by atoms with Gasteiger partial charge in [0.1, 0.15) is 0 Å². The van der Waals surface area contributed by atoms with E-state index in [0.717, 1.165) is 5.69 Å². The molecule has 3 rings (SSSR count). The van der Waals surface area contributed by atoms with E-state index in [1.54, 1.807) is 46.3 Å². The highest BCUT2D eigenvalue weighted by Gasteiger charge is 2.25. The molecule has 0 aliphatic carbocycles. The molecule has 2 amide bonds. The van der Waals surface area contributed by atoms with Gasteiger partial charge in [0, 0.05) is 48.7 Å². The molecule has 2 heterocycles. The van der Waals surface area contributed by atoms with Crippen LogP contribution in [0.2, 0.25) is 5.02 Å². The molecule has 6 heteroatoms. The molecule has 0 spiro atoms. The maximum Gasteiger partial charge on any atom is 0.255 e. The molecule has 1 aliphatic heterocycles. The van der Waals surface area contributed by atoms with Gasteiger partial charge >= 0.3 is 0 Å². The van der Waals surface area contributed by atoms with Gasteiger partial charge in [0.25, 0.3) is 11.8 Å². The molecule has 0 bridgehead atoms. The van der Waals surface area contributed by atoms with Crippen LogP contribution in [0.3, 0.4) is 0 Å². The summed E-state index contributed by atoms with van der Waals surface area (Å²) in [5, 5.41) is 0.605. The third-order valence-electron chi connectivity index (χ3n) is 4.10. The first-order valence-corrected chi connectivity index (χ1v) is 8.19. The number of aryl methyl sites for hydroxylation is 1. The number of pyridine rings is 1. The lowest BCUT2D eigenvalue weighted by Crippen LogP contribution is -2.50. The van der Waals surface area contributed by atoms with E-state index < -0.39 is 0 Å². The van der Waals surface area contributed by atoms with Crippen molar-refractivity contribution < 1.29 is 9.59 Å². The van der Waals surface area contributed by atoms with Crippen LogP contribution in [-0.2, 0) is 0 Å². The normalized spacial score (nSPS) is 14.6. The Morgan fingerprint density at radius 1 is 0.875 bits per heavy atom. The largest absolute Gasteiger partial charge is 0.335 e. The molecule has 1 saturated heterocycles. The van der Waals surface area contributed by atoms with Crippen molar-refractivity contribution in [2.45, 2.75) is 6.92 Å². The van der Waals surface area contributed by atoms with Crippen LogP contribution in [0.15, 0.2) is 42.6 Å². The predicted octanol–water partition coefficient (Wildman–Crippen LogP) is 2.64. The molecule has 0 unspecified atom stereocenters. The van der Waals surface area contributed by atoms with Gasteiger partial charge < -0.3 is 9.80 Å². The van der Waals surface area contributed by atoms with Crippen molar-refractivity contribution in [2.24, 2.45) is 0 Å². The molecule has 0 radical (unpaired) electrons. The first-order valence-electron chi connectivity index (χ1n) is 7.81. The fourth-order valence-electron chi connectivity index (χ4n) is 2.66. The molecule has 1 aromatic carbocycles. The minimum Gasteiger partial charge on any atom is -0.335 e. The van der Waals surface area contributed by atoms with E-state index in [4.69, 9.17) is 11.6 Å². The van der Waals surface area contributed by atoms with Gasteiger partial charge in [-0.3, -0.25) is 14.6 Å². The Balaban J connectivity index is 1.61. The van der Waals surface area contributed by atoms with Crippen LogP contribution in [0, 0.1) is 6.92 Å². The molecule has 0 atom stereocenters. The number of halogens is 1. The summed E-state index contributed by atoms with van der Waals surface area (Å²) in [5.74, 6) is -0.0724. The highest BCUT2D eigenvalue weighted by atomic mass is 35.5. The smallest absolute Gasteiger partial charge is 0.255 e. The van der Waals surface area contributed by atoms with E-state index in [9.17, 15) is 9.59 Å². The number of hydrogen-bond acceptors (Lipinski definition) is 3. The SMILES string of the molecule is Cc1ccc(C(=O)N2CCN(C(=O)c3ccc(Cl)cc3)CC2)cn1. The molecule has 124 valence electrons. The van der Waals surface area contributed by atoms with Crippen LogP contribution < -0.4 is 0 Å². The Hall–Kier alpha value is -2.40. The summed E-state index contributed by atoms with van der Waals surface area (Å²) in [5.41, 5.74) is 2.07. The number of nitrogens with zero attached hydrogens (tertiary/aromatic N) is 3. The van der Waals surface area contributed by atoms with E-state index in [2.05, 4.69) is 4.98 Å². The number of aromatic nitrogens is 1. The maximum absolute atomic E-state index is 12.5. The lowest BCUT2D eigenvalue weighted by Gasteiger charge is -2.34. The first-order chi connectivity index (χ1) is 11.5. The average molecular weight is 344 g/mol. The number of carbonyl (C=O) groups excluding carboxylic acids is 2. The highest BCUT2D eigenvalue weighted by molar-refractivity contribution is 6.30. The molecule has 0 saturated carbocycles. The number of hydrogen-bond donors (Lipinski definition) is 0. The van der Waals surface area contributed by atoms with Crippen molar-refractivity contribution in [1.29, 1.82) is 0 Å². The summed E-state index contributed by atoms with van der Waals surface area (Å²) in [6.45, 7) is 3.96. The van der Waals surface area contributed by atoms with E-state index in [-0.39, 0.29) is 11.8 Å². The third-order valence-corrected chi connectivity index (χ3v) is 4.36. The van der Waals surface area contributed by atoms with E-state index >= 15 is 0 Å². The van der Waals surface area contributed by atoms with Gasteiger partial charge in [-0.1, -0.05) is 11.6 Å². The van der Waals surface area contributed by atoms with Crippen molar-refractivity contribution in [3.05, 3.63) is 64.4 Å². The van der Waals surface area contributed by atoms with Crippen molar-refractivity contribution in [1.82, 2.24) is 14.8 Å². The topological polar surface area (TPSA) is 53.5 Å². The number of rotatable bonds is 2. The van der Waals surface area contributed by atoms with E-state index in [1.165, 1.54) is 0 Å². The van der Waals surface area contributed by atoms with Crippen LogP contribution in [0.5, 0.6) is 0 Å². The average Bonchev–Trinajstić information content (AvgIpc) is 2.62. The van der Waals surface area contributed by atoms with Crippen molar-refractivity contribution in [3.8, 4) is 0 Å². The van der Waals surface area contributed by atoms with Gasteiger partial charge in [-0.15, -0.1) is 0 Å². The van der Waals surface area contributed by atoms with Gasteiger partial charge in [-0.05, 0) is 43.3 Å². The standard InChI is InChI=1S/C18H18ClN3O2/c1-13-2-3-15(12-20-13)18(24)22-10-8-21(9-11-22)17(23)14-4-6-16(19)7-5-14/h2-7,12H,8-11H2,1H3. The minimum absolute atomic E-state index is 0.0317. The zero-order chi connectivity index (χ0) is 17.1. The van der Waals surface area contributed by atoms with Crippen LogP contribution in [0.25, 0.3) is 0 Å². The van der Waals surface area contributed by atoms with E-state index in [1.807, 2.05) is 13.0 Å². The number of carbonyl (C=O) groups is 2. The Bertz CT molecular complexity index is 670. The fraction of sp³-hybridized carbons (Fsp3) is 0.278. The maximum atomic E-state index is 12.5. The summed E-state index contributed by atoms with van der Waals surface area (Å²) in [6.07, 6.45) is 1.60. The van der Waals surface area contributed by atoms with Crippen molar-refractivity contribution >= 4 is 23.4 Å². The van der Waals surface area contributed by atoms with Crippen LogP contribution in [0.1, 0.15) is 26.4 Å². The van der Waals surface area contributed by atoms with Crippen molar-refractivity contribution in [3.63, 3.8) is 0 Å². The molecule has 1 aliphatic rings. The highest BCUT2D eigenvalue weighted by Crippen LogP contribution is 2.14. The molecular weight excluding hydrogens is 326 g/mol. The first kappa shape index (κ1) is 16.5. The number of benzene rings is 1. The monoisotopic (exact) mass is 343 g/mol. The fourth-order valence-corrected chi connectivity index (χ4v) is 2.79. The molecule has 1 aromatic heterocycles. The number of amides is 2. The second kappa shape index (κ2) is 7.01. The zero-order valence-electron chi connectivity index (χ0n) is 13.4. The number of piperazine rings is 1. The second-order valence-electron chi connectivity index (χ2n) is 5.78. The van der Waals surface area contributed by atoms with Gasteiger partial charge in [-0.25, -0.2) is 0 Å². The zero-order valence-corrected chi connectivity index (χ0v) is 14.2. The Kier molecular flexibility index (Phi) is 4.81. The summed E-state index contributed by atoms with van der Waals surface area (Å²) < 4.78 is 0. The van der Waals surface area contributed by atoms with Crippen LogP contribution in [0.4, 0.5) is 0 Å². The summed E-state index contributed by atoms with van der Waals surface area (Å²) in [7, 11) is 0. The molecule has 1 fully saturated rings. The molecule has 5 nitrogen and oxygen atoms in total. The predicted molar refractivity (Wildman–Crippen MR) is 92.2 cm³/mol. The van der Waals surface area contributed by atoms with Crippen LogP contribution in [-0.4, -0.2) is 52.8 Å². The second-order valence-corrected chi connectivity index (χ2v) is 6.22. The molecule has 0 N–H and O–H groups in total. The van der Waals surface area contributed by atoms with E-state index in [0.29, 0.717) is 42.3 Å². The van der Waals surface area contributed by atoms with Gasteiger partial charge in [-0.2, -0.15) is 0 Å². The summed E-state index contributed by atoms with van der Waals surface area (Å²) >= 11 is 5.85.